The molecule has 18 nitrogen and oxygen atoms in total. The van der Waals surface area contributed by atoms with E-state index >= 15 is 0 Å². The summed E-state index contributed by atoms with van der Waals surface area (Å²) in [7, 11) is 12.0. The van der Waals surface area contributed by atoms with Crippen molar-refractivity contribution in [3.8, 4) is 0 Å². The molecule has 0 radical (unpaired) electrons. The number of ether oxygens (including phenoxy) is 2. The molecule has 2 aromatic rings. The summed E-state index contributed by atoms with van der Waals surface area (Å²) in [6.45, 7) is 18.4. The first-order chi connectivity index (χ1) is 44.4. The fourth-order valence-corrected chi connectivity index (χ4v) is 15.5. The van der Waals surface area contributed by atoms with Crippen LogP contribution in [-0.4, -0.2) is 186 Å². The molecule has 4 rings (SSSR count). The highest BCUT2D eigenvalue weighted by atomic mass is 33.1. The molecule has 93 heavy (non-hydrogen) atoms. The van der Waals surface area contributed by atoms with Gasteiger partial charge in [0, 0.05) is 146 Å². The van der Waals surface area contributed by atoms with Gasteiger partial charge in [0.15, 0.2) is 0 Å². The number of rotatable bonds is 48. The minimum Gasteiger partial charge on any atom is -0.379 e. The highest BCUT2D eigenvalue weighted by Crippen LogP contribution is 2.35. The molecule has 522 valence electrons. The van der Waals surface area contributed by atoms with Gasteiger partial charge in [-0.3, -0.25) is 48.1 Å². The van der Waals surface area contributed by atoms with E-state index in [-0.39, 0.29) is 121 Å². The van der Waals surface area contributed by atoms with Crippen LogP contribution in [0.1, 0.15) is 211 Å². The highest BCUT2D eigenvalue weighted by Gasteiger charge is 2.43. The second kappa shape index (κ2) is 43.3. The maximum absolute atomic E-state index is 14.6. The number of likely N-dealkylation sites (tertiary alicyclic amines) is 1. The minimum absolute atomic E-state index is 0.0104. The van der Waals surface area contributed by atoms with Crippen molar-refractivity contribution in [2.45, 2.75) is 220 Å². The molecule has 1 saturated heterocycles. The predicted octanol–water partition coefficient (Wildman–Crippen LogP) is 12.3. The number of carbonyl (C=O) groups excluding carboxylic acids is 9. The van der Waals surface area contributed by atoms with Gasteiger partial charge >= 0.3 is 0 Å². The Hall–Kier alpha value is -4.96. The fourth-order valence-electron chi connectivity index (χ4n) is 12.6. The van der Waals surface area contributed by atoms with Crippen LogP contribution in [0.25, 0.3) is 0 Å². The molecule has 1 aromatic carbocycles. The molecule has 0 bridgehead atoms. The molecule has 0 spiro atoms. The Bertz CT molecular complexity index is 2660. The number of ketones is 2. The van der Waals surface area contributed by atoms with Gasteiger partial charge in [0.1, 0.15) is 17.3 Å². The number of benzene rings is 1. The maximum atomic E-state index is 14.6. The van der Waals surface area contributed by atoms with Gasteiger partial charge in [0.2, 0.25) is 23.6 Å². The van der Waals surface area contributed by atoms with E-state index in [4.69, 9.17) is 14.5 Å². The number of hydrogen-bond acceptors (Lipinski definition) is 15. The first kappa shape index (κ1) is 80.5. The third-order valence-electron chi connectivity index (χ3n) is 19.2. The molecule has 9 atom stereocenters. The van der Waals surface area contributed by atoms with Crippen LogP contribution >= 0.6 is 32.9 Å². The van der Waals surface area contributed by atoms with Crippen LogP contribution in [-0.2, 0) is 54.3 Å². The zero-order valence-corrected chi connectivity index (χ0v) is 61.1. The molecule has 0 aliphatic carbocycles. The number of nitrogens with one attached hydrogen (secondary N) is 1. The third kappa shape index (κ3) is 26.9. The van der Waals surface area contributed by atoms with E-state index in [0.717, 1.165) is 67.6 Å². The molecular weight excluding hydrogens is 1240 g/mol. The van der Waals surface area contributed by atoms with Crippen LogP contribution in [0.15, 0.2) is 47.9 Å². The second-order valence-corrected chi connectivity index (χ2v) is 30.3. The van der Waals surface area contributed by atoms with Crippen molar-refractivity contribution < 1.29 is 52.6 Å². The van der Waals surface area contributed by atoms with Crippen LogP contribution in [0.4, 0.5) is 0 Å². The normalized spacial score (nSPS) is 16.7. The summed E-state index contributed by atoms with van der Waals surface area (Å²) < 4.78 is 12.3. The standard InChI is InChI=1S/C72H115N7O11S3/c1-14-52(6)68(77(11)71(87)57(51(4)5)47-61(81)53(7)50(2)3)62(89-12)48-67(86)78-39-30-33-59(78)69(90-13)54(8)60(80)46-56(45-55-31-26-25-27-32-55)70-74-58(49-91-70)72(88)76(10)42-44-93-92-43-41-75(9)64(83)34-28-23-21-19-17-15-16-18-20-22-24-29-38-73-63(82)37-40-79-65(84)35-36-66(79)85/h25-27,31-32,35-36,49-54,56-57,59,62,68-69H,14-24,28-30,33-34,37-48H2,1-13H3,(H,73,82)/t52-,53-,54-,56+,57-,59-,62+,68-,69+/m0/s1. The van der Waals surface area contributed by atoms with E-state index in [9.17, 15) is 43.2 Å². The average molecular weight is 1350 g/mol. The largest absolute Gasteiger partial charge is 0.379 e. The minimum atomic E-state index is -0.616. The van der Waals surface area contributed by atoms with E-state index < -0.39 is 30.1 Å². The number of carbonyl (C=O) groups is 9. The van der Waals surface area contributed by atoms with Gasteiger partial charge < -0.3 is 34.4 Å². The van der Waals surface area contributed by atoms with Crippen LogP contribution < -0.4 is 5.32 Å². The van der Waals surface area contributed by atoms with E-state index in [1.54, 1.807) is 65.1 Å². The SMILES string of the molecule is CC[C@H](C)[C@@H]([C@@H](CC(=O)N1CCC[C@H]1[C@H](OC)[C@@H](C)C(=O)C[C@@H](Cc1ccccc1)c1nc(C(=O)N(C)CCSSCCN(C)C(=O)CCCCCCCCCCCCCCNC(=O)CCN2C(=O)C=CC2=O)cs1)OC)N(C)C(=O)[C@@H](CC(=O)[C@@H](C)C(C)C)C(C)C. The number of unbranched alkanes of at least 4 members (excludes halogenated alkanes) is 11. The van der Waals surface area contributed by atoms with Crippen molar-refractivity contribution in [2.24, 2.45) is 35.5 Å². The highest BCUT2D eigenvalue weighted by molar-refractivity contribution is 8.76. The lowest BCUT2D eigenvalue weighted by atomic mass is 9.82. The van der Waals surface area contributed by atoms with Crippen molar-refractivity contribution >= 4 is 85.8 Å². The quantitative estimate of drug-likeness (QED) is 0.0371. The lowest BCUT2D eigenvalue weighted by molar-refractivity contribution is -0.149. The Kier molecular flexibility index (Phi) is 37.4. The summed E-state index contributed by atoms with van der Waals surface area (Å²) in [6, 6.07) is 9.21. The number of nitrogens with zero attached hydrogens (tertiary/aromatic N) is 6. The maximum Gasteiger partial charge on any atom is 0.273 e. The zero-order chi connectivity index (χ0) is 68.6. The molecule has 7 amide bonds. The number of methoxy groups -OCH3 is 2. The number of likely N-dealkylation sites (N-methyl/N-ethyl adjacent to an activating group) is 1. The summed E-state index contributed by atoms with van der Waals surface area (Å²) in [5, 5.41) is 5.38. The monoisotopic (exact) mass is 1350 g/mol. The van der Waals surface area contributed by atoms with Crippen LogP contribution in [0.5, 0.6) is 0 Å². The summed E-state index contributed by atoms with van der Waals surface area (Å²) in [6.07, 6.45) is 18.5. The van der Waals surface area contributed by atoms with E-state index in [0.29, 0.717) is 61.9 Å². The van der Waals surface area contributed by atoms with E-state index in [1.807, 2.05) is 88.7 Å². The van der Waals surface area contributed by atoms with Gasteiger partial charge in [-0.15, -0.1) is 11.3 Å². The number of amides is 7. The number of Topliss-reactive ketones (excluding diaryl/α,β-unsaturated/α-hetero) is 2. The molecule has 0 unspecified atom stereocenters. The molecule has 2 aliphatic rings. The average Bonchev–Trinajstić information content (AvgIpc) is 1.83. The fraction of sp³-hybridized carbons (Fsp3) is 0.722. The van der Waals surface area contributed by atoms with Gasteiger partial charge in [-0.25, -0.2) is 4.98 Å². The molecule has 2 aliphatic heterocycles. The van der Waals surface area contributed by atoms with Gasteiger partial charge in [0.05, 0.1) is 35.7 Å². The van der Waals surface area contributed by atoms with Crippen molar-refractivity contribution in [1.82, 2.24) is 34.8 Å². The van der Waals surface area contributed by atoms with Crippen LogP contribution in [0.3, 0.4) is 0 Å². The molecule has 1 N–H and O–H groups in total. The smallest absolute Gasteiger partial charge is 0.273 e. The van der Waals surface area contributed by atoms with Crippen LogP contribution in [0.2, 0.25) is 0 Å². The van der Waals surface area contributed by atoms with Crippen molar-refractivity contribution in [3.05, 3.63) is 64.1 Å². The summed E-state index contributed by atoms with van der Waals surface area (Å²) >= 11 is 1.40. The van der Waals surface area contributed by atoms with Gasteiger partial charge in [-0.2, -0.15) is 0 Å². The first-order valence-corrected chi connectivity index (χ1v) is 38.0. The Morgan fingerprint density at radius 3 is 1.86 bits per heavy atom. The lowest BCUT2D eigenvalue weighted by Crippen LogP contribution is -2.54. The van der Waals surface area contributed by atoms with Crippen LogP contribution in [0, 0.1) is 35.5 Å². The molecule has 21 heteroatoms. The summed E-state index contributed by atoms with van der Waals surface area (Å²) in [5.41, 5.74) is 1.40. The van der Waals surface area contributed by atoms with Crippen molar-refractivity contribution in [3.63, 3.8) is 0 Å². The van der Waals surface area contributed by atoms with E-state index in [2.05, 4.69) is 19.2 Å². The van der Waals surface area contributed by atoms with Crippen molar-refractivity contribution in [2.75, 3.05) is 79.6 Å². The second-order valence-electron chi connectivity index (χ2n) is 26.7. The lowest BCUT2D eigenvalue weighted by Gasteiger charge is -2.41. The van der Waals surface area contributed by atoms with Gasteiger partial charge in [-0.1, -0.05) is 178 Å². The third-order valence-corrected chi connectivity index (χ3v) is 22.6. The summed E-state index contributed by atoms with van der Waals surface area (Å²) in [5.74, 6) is -0.990. The Balaban J connectivity index is 1.17. The first-order valence-electron chi connectivity index (χ1n) is 34.7. The van der Waals surface area contributed by atoms with Crippen molar-refractivity contribution in [1.29, 1.82) is 0 Å². The molecule has 0 saturated carbocycles. The number of hydrogen-bond donors (Lipinski definition) is 1. The number of thiazole rings is 1. The Labute approximate surface area is 569 Å². The molecule has 1 aromatic heterocycles. The topological polar surface area (TPSA) is 213 Å². The van der Waals surface area contributed by atoms with Gasteiger partial charge in [-0.05, 0) is 55.4 Å². The Morgan fingerprint density at radius 2 is 1.29 bits per heavy atom. The predicted molar refractivity (Wildman–Crippen MR) is 376 cm³/mol. The summed E-state index contributed by atoms with van der Waals surface area (Å²) in [4.78, 5) is 132. The number of imide groups is 1. The van der Waals surface area contributed by atoms with E-state index in [1.165, 1.54) is 62.0 Å². The number of aromatic nitrogens is 1. The Morgan fingerprint density at radius 1 is 0.710 bits per heavy atom. The zero-order valence-electron chi connectivity index (χ0n) is 58.7. The molecular formula is C72H115N7O11S3. The molecule has 1 fully saturated rings. The van der Waals surface area contributed by atoms with Gasteiger partial charge in [0.25, 0.3) is 17.7 Å². The molecule has 3 heterocycles.